The first-order valence-corrected chi connectivity index (χ1v) is 7.89. The molecule has 142 valence electrons. The quantitative estimate of drug-likeness (QED) is 0.780. The predicted octanol–water partition coefficient (Wildman–Crippen LogP) is 3.33. The Kier molecular flexibility index (Phi) is 4.93. The summed E-state index contributed by atoms with van der Waals surface area (Å²) in [6.45, 7) is 0. The van der Waals surface area contributed by atoms with Gasteiger partial charge in [-0.1, -0.05) is 6.07 Å². The second-order valence-corrected chi connectivity index (χ2v) is 5.80. The zero-order valence-electron chi connectivity index (χ0n) is 14.1. The molecule has 0 aliphatic carbocycles. The highest BCUT2D eigenvalue weighted by molar-refractivity contribution is 6.04. The Morgan fingerprint density at radius 2 is 1.89 bits per heavy atom. The zero-order chi connectivity index (χ0) is 19.6. The fourth-order valence-corrected chi connectivity index (χ4v) is 2.46. The molecule has 1 fully saturated rings. The van der Waals surface area contributed by atoms with E-state index in [0.717, 1.165) is 12.1 Å². The van der Waals surface area contributed by atoms with Crippen LogP contribution >= 0.6 is 0 Å². The molecule has 2 aromatic rings. The van der Waals surface area contributed by atoms with Crippen LogP contribution in [0.2, 0.25) is 0 Å². The van der Waals surface area contributed by atoms with E-state index < -0.39 is 23.7 Å². The first kappa shape index (κ1) is 18.6. The third kappa shape index (κ3) is 4.30. The smallest absolute Gasteiger partial charge is 0.416 e. The van der Waals surface area contributed by atoms with E-state index in [9.17, 15) is 22.8 Å². The van der Waals surface area contributed by atoms with Gasteiger partial charge in [0.05, 0.1) is 24.8 Å². The Balaban J connectivity index is 1.79. The molecule has 0 spiro atoms. The minimum atomic E-state index is -4.48. The van der Waals surface area contributed by atoms with E-state index in [4.69, 9.17) is 9.47 Å². The molecule has 1 atom stereocenters. The number of alkyl halides is 3. The molecule has 2 amide bonds. The molecule has 2 N–H and O–H groups in total. The molecule has 1 saturated heterocycles. The number of carbonyl (C=O) groups excluding carboxylic acids is 2. The molecule has 0 saturated carbocycles. The van der Waals surface area contributed by atoms with Crippen LogP contribution in [0.15, 0.2) is 42.5 Å². The van der Waals surface area contributed by atoms with Crippen molar-refractivity contribution in [3.05, 3.63) is 48.0 Å². The highest BCUT2D eigenvalue weighted by Gasteiger charge is 2.32. The van der Waals surface area contributed by atoms with Crippen molar-refractivity contribution < 1.29 is 32.2 Å². The molecule has 0 bridgehead atoms. The Labute approximate surface area is 152 Å². The van der Waals surface area contributed by atoms with Crippen molar-refractivity contribution in [1.82, 2.24) is 5.32 Å². The average Bonchev–Trinajstić information content (AvgIpc) is 2.59. The number of anilines is 1. The summed E-state index contributed by atoms with van der Waals surface area (Å²) in [7, 11) is 1.41. The lowest BCUT2D eigenvalue weighted by Crippen LogP contribution is -2.55. The number of rotatable bonds is 5. The molecule has 0 radical (unpaired) electrons. The minimum Gasteiger partial charge on any atom is -0.495 e. The van der Waals surface area contributed by atoms with E-state index in [-0.39, 0.29) is 29.5 Å². The molecule has 6 nitrogen and oxygen atoms in total. The summed E-state index contributed by atoms with van der Waals surface area (Å²) < 4.78 is 49.1. The number of amides is 2. The Morgan fingerprint density at radius 1 is 1.19 bits per heavy atom. The van der Waals surface area contributed by atoms with Gasteiger partial charge < -0.3 is 20.1 Å². The number of carbonyl (C=O) groups is 2. The monoisotopic (exact) mass is 380 g/mol. The van der Waals surface area contributed by atoms with Gasteiger partial charge in [-0.3, -0.25) is 9.59 Å². The highest BCUT2D eigenvalue weighted by atomic mass is 19.4. The summed E-state index contributed by atoms with van der Waals surface area (Å²) in [6.07, 6.45) is -4.39. The van der Waals surface area contributed by atoms with E-state index in [2.05, 4.69) is 10.6 Å². The number of benzene rings is 2. The van der Waals surface area contributed by atoms with Crippen molar-refractivity contribution in [3.8, 4) is 17.2 Å². The summed E-state index contributed by atoms with van der Waals surface area (Å²) in [4.78, 5) is 23.0. The predicted molar refractivity (Wildman–Crippen MR) is 89.7 cm³/mol. The van der Waals surface area contributed by atoms with Gasteiger partial charge in [0.2, 0.25) is 11.8 Å². The maximum Gasteiger partial charge on any atom is 0.416 e. The van der Waals surface area contributed by atoms with Gasteiger partial charge in [-0.15, -0.1) is 0 Å². The van der Waals surface area contributed by atoms with Crippen molar-refractivity contribution in [2.45, 2.75) is 18.6 Å². The standard InChI is InChI=1S/C18H15F3N2O4/c1-26-15-6-5-12(8-13(15)23-17(25)14-9-16(24)22-14)27-11-4-2-3-10(7-11)18(19,20)21/h2-8,14H,9H2,1H3,(H,22,24)(H,23,25). The average molecular weight is 380 g/mol. The normalized spacial score (nSPS) is 16.1. The SMILES string of the molecule is COc1ccc(Oc2cccc(C(F)(F)F)c2)cc1NC(=O)C1CC(=O)N1. The third-order valence-corrected chi connectivity index (χ3v) is 3.87. The molecule has 1 unspecified atom stereocenters. The maximum atomic E-state index is 12.8. The summed E-state index contributed by atoms with van der Waals surface area (Å²) >= 11 is 0. The lowest BCUT2D eigenvalue weighted by molar-refractivity contribution is -0.137. The van der Waals surface area contributed by atoms with Crippen molar-refractivity contribution in [2.75, 3.05) is 12.4 Å². The molecule has 2 aromatic carbocycles. The first-order valence-electron chi connectivity index (χ1n) is 7.89. The fraction of sp³-hybridized carbons (Fsp3) is 0.222. The van der Waals surface area contributed by atoms with Crippen molar-refractivity contribution >= 4 is 17.5 Å². The van der Waals surface area contributed by atoms with Crippen molar-refractivity contribution in [2.24, 2.45) is 0 Å². The molecule has 9 heteroatoms. The number of nitrogens with one attached hydrogen (secondary N) is 2. The Morgan fingerprint density at radius 3 is 2.52 bits per heavy atom. The molecule has 3 rings (SSSR count). The van der Waals surface area contributed by atoms with Crippen molar-refractivity contribution in [1.29, 1.82) is 0 Å². The molecular weight excluding hydrogens is 365 g/mol. The molecule has 27 heavy (non-hydrogen) atoms. The van der Waals surface area contributed by atoms with Crippen LogP contribution < -0.4 is 20.1 Å². The highest BCUT2D eigenvalue weighted by Crippen LogP contribution is 2.35. The minimum absolute atomic E-state index is 0.00137. The number of halogens is 3. The number of hydrogen-bond donors (Lipinski definition) is 2. The van der Waals surface area contributed by atoms with Crippen LogP contribution in [-0.4, -0.2) is 25.0 Å². The van der Waals surface area contributed by atoms with E-state index >= 15 is 0 Å². The molecule has 0 aromatic heterocycles. The van der Waals surface area contributed by atoms with Gasteiger partial charge >= 0.3 is 6.18 Å². The van der Waals surface area contributed by atoms with Gasteiger partial charge in [0.15, 0.2) is 0 Å². The third-order valence-electron chi connectivity index (χ3n) is 3.87. The molecule has 1 aliphatic heterocycles. The van der Waals surface area contributed by atoms with E-state index in [1.54, 1.807) is 0 Å². The largest absolute Gasteiger partial charge is 0.495 e. The summed E-state index contributed by atoms with van der Waals surface area (Å²) in [5, 5.41) is 5.05. The second kappa shape index (κ2) is 7.18. The van der Waals surface area contributed by atoms with Gasteiger partial charge in [-0.05, 0) is 30.3 Å². The van der Waals surface area contributed by atoms with Crippen LogP contribution in [0, 0.1) is 0 Å². The topological polar surface area (TPSA) is 76.7 Å². The van der Waals surface area contributed by atoms with Crippen LogP contribution in [0.4, 0.5) is 18.9 Å². The van der Waals surface area contributed by atoms with Crippen LogP contribution in [0.5, 0.6) is 17.2 Å². The second-order valence-electron chi connectivity index (χ2n) is 5.80. The summed E-state index contributed by atoms with van der Waals surface area (Å²) in [6, 6.07) is 8.27. The number of β-lactam (4-membered cyclic amide) rings is 1. The lowest BCUT2D eigenvalue weighted by atomic mass is 10.1. The van der Waals surface area contributed by atoms with Gasteiger partial charge in [0.25, 0.3) is 0 Å². The van der Waals surface area contributed by atoms with Gasteiger partial charge in [-0.25, -0.2) is 0 Å². The molecule has 1 aliphatic rings. The maximum absolute atomic E-state index is 12.8. The molecular formula is C18H15F3N2O4. The van der Waals surface area contributed by atoms with E-state index in [0.29, 0.717) is 5.75 Å². The van der Waals surface area contributed by atoms with Crippen LogP contribution in [0.25, 0.3) is 0 Å². The van der Waals surface area contributed by atoms with E-state index in [1.165, 1.54) is 37.4 Å². The Bertz CT molecular complexity index is 875. The van der Waals surface area contributed by atoms with Gasteiger partial charge in [0, 0.05) is 6.07 Å². The first-order chi connectivity index (χ1) is 12.8. The van der Waals surface area contributed by atoms with Crippen molar-refractivity contribution in [3.63, 3.8) is 0 Å². The van der Waals surface area contributed by atoms with E-state index in [1.807, 2.05) is 0 Å². The van der Waals surface area contributed by atoms with Crippen LogP contribution in [0.1, 0.15) is 12.0 Å². The Hall–Kier alpha value is -3.23. The van der Waals surface area contributed by atoms with Gasteiger partial charge in [0.1, 0.15) is 23.3 Å². The van der Waals surface area contributed by atoms with Gasteiger partial charge in [-0.2, -0.15) is 13.2 Å². The number of hydrogen-bond acceptors (Lipinski definition) is 4. The number of ether oxygens (including phenoxy) is 2. The number of methoxy groups -OCH3 is 1. The van der Waals surface area contributed by atoms with Crippen LogP contribution in [0.3, 0.4) is 0 Å². The lowest BCUT2D eigenvalue weighted by Gasteiger charge is -2.26. The summed E-state index contributed by atoms with van der Waals surface area (Å²) in [5.74, 6) is -0.0974. The zero-order valence-corrected chi connectivity index (χ0v) is 14.1. The summed E-state index contributed by atoms with van der Waals surface area (Å²) in [5.41, 5.74) is -0.559. The van der Waals surface area contributed by atoms with Crippen LogP contribution in [-0.2, 0) is 15.8 Å². The fourth-order valence-electron chi connectivity index (χ4n) is 2.46. The molecule has 1 heterocycles.